The summed E-state index contributed by atoms with van der Waals surface area (Å²) in [5, 5.41) is 2.65. The molecular formula is C14H14N2O. The van der Waals surface area contributed by atoms with Crippen LogP contribution in [0.15, 0.2) is 60.7 Å². The fraction of sp³-hybridized carbons (Fsp3) is 0.0714. The lowest BCUT2D eigenvalue weighted by Gasteiger charge is -2.22. The fourth-order valence-corrected chi connectivity index (χ4v) is 1.65. The molecule has 86 valence electrons. The summed E-state index contributed by atoms with van der Waals surface area (Å²) in [4.78, 5) is 13.6. The molecule has 0 aromatic heterocycles. The molecule has 0 unspecified atom stereocenters. The summed E-state index contributed by atoms with van der Waals surface area (Å²) in [7, 11) is 1.63. The number of hydrogen-bond acceptors (Lipinski definition) is 1. The molecule has 0 saturated carbocycles. The first kappa shape index (κ1) is 11.2. The van der Waals surface area contributed by atoms with Crippen molar-refractivity contribution in [1.82, 2.24) is 5.32 Å². The Morgan fingerprint density at radius 3 is 1.65 bits per heavy atom. The Hall–Kier alpha value is -2.29. The number of hydrogen-bond donors (Lipinski definition) is 1. The largest absolute Gasteiger partial charge is 0.340 e. The smallest absolute Gasteiger partial charge is 0.326 e. The molecule has 0 aliphatic carbocycles. The van der Waals surface area contributed by atoms with Crippen molar-refractivity contribution in [2.24, 2.45) is 0 Å². The molecule has 17 heavy (non-hydrogen) atoms. The van der Waals surface area contributed by atoms with Crippen molar-refractivity contribution in [2.45, 2.75) is 0 Å². The van der Waals surface area contributed by atoms with Gasteiger partial charge in [0.15, 0.2) is 0 Å². The Morgan fingerprint density at radius 2 is 1.29 bits per heavy atom. The Labute approximate surface area is 101 Å². The van der Waals surface area contributed by atoms with Crippen molar-refractivity contribution in [1.29, 1.82) is 0 Å². The number of carbonyl (C=O) groups excluding carboxylic acids is 1. The number of amides is 2. The van der Waals surface area contributed by atoms with E-state index in [0.29, 0.717) is 0 Å². The average Bonchev–Trinajstić information content (AvgIpc) is 2.41. The molecule has 3 heteroatoms. The Morgan fingerprint density at radius 1 is 0.882 bits per heavy atom. The maximum atomic E-state index is 11.9. The molecule has 0 aliphatic heterocycles. The van der Waals surface area contributed by atoms with Gasteiger partial charge in [-0.05, 0) is 24.3 Å². The van der Waals surface area contributed by atoms with E-state index in [1.54, 1.807) is 11.9 Å². The predicted octanol–water partition coefficient (Wildman–Crippen LogP) is 3.16. The van der Waals surface area contributed by atoms with Crippen LogP contribution in [-0.2, 0) is 0 Å². The van der Waals surface area contributed by atoms with Crippen molar-refractivity contribution in [3.63, 3.8) is 0 Å². The zero-order valence-corrected chi connectivity index (χ0v) is 9.63. The van der Waals surface area contributed by atoms with E-state index in [4.69, 9.17) is 0 Å². The second-order valence-corrected chi connectivity index (χ2v) is 3.56. The molecule has 0 bridgehead atoms. The van der Waals surface area contributed by atoms with E-state index in [1.807, 2.05) is 60.7 Å². The van der Waals surface area contributed by atoms with Gasteiger partial charge in [0.25, 0.3) is 0 Å². The number of nitrogens with one attached hydrogen (secondary N) is 1. The second kappa shape index (κ2) is 5.16. The SMILES string of the molecule is [13CH3]NC(=O)N(c1ccccc1)c1ccccc1. The Balaban J connectivity index is 2.43. The van der Waals surface area contributed by atoms with Crippen molar-refractivity contribution < 1.29 is 4.79 Å². The lowest BCUT2D eigenvalue weighted by atomic mass is 10.2. The molecule has 2 amide bonds. The summed E-state index contributed by atoms with van der Waals surface area (Å²) in [5.74, 6) is 0. The minimum Gasteiger partial charge on any atom is -0.340 e. The van der Waals surface area contributed by atoms with Gasteiger partial charge in [-0.3, -0.25) is 4.90 Å². The van der Waals surface area contributed by atoms with Gasteiger partial charge in [-0.1, -0.05) is 36.4 Å². The molecule has 0 atom stereocenters. The van der Waals surface area contributed by atoms with Gasteiger partial charge in [0.1, 0.15) is 0 Å². The molecule has 2 aromatic rings. The standard InChI is InChI=1S/C14H14N2O/c1-15-14(17)16(12-8-4-2-5-9-12)13-10-6-3-7-11-13/h2-11H,1H3,(H,15,17)/i1+1. The maximum Gasteiger partial charge on any atom is 0.326 e. The van der Waals surface area contributed by atoms with E-state index >= 15 is 0 Å². The number of benzene rings is 2. The molecule has 0 heterocycles. The highest BCUT2D eigenvalue weighted by Gasteiger charge is 2.15. The van der Waals surface area contributed by atoms with Gasteiger partial charge in [-0.2, -0.15) is 0 Å². The molecular weight excluding hydrogens is 213 g/mol. The van der Waals surface area contributed by atoms with E-state index in [0.717, 1.165) is 11.4 Å². The van der Waals surface area contributed by atoms with Gasteiger partial charge >= 0.3 is 6.03 Å². The van der Waals surface area contributed by atoms with Crippen molar-refractivity contribution >= 4 is 17.4 Å². The Kier molecular flexibility index (Phi) is 3.40. The van der Waals surface area contributed by atoms with E-state index < -0.39 is 0 Å². The summed E-state index contributed by atoms with van der Waals surface area (Å²) in [6.07, 6.45) is 0. The van der Waals surface area contributed by atoms with Crippen LogP contribution in [0.1, 0.15) is 0 Å². The minimum absolute atomic E-state index is 0.151. The van der Waals surface area contributed by atoms with E-state index in [9.17, 15) is 4.79 Å². The topological polar surface area (TPSA) is 32.3 Å². The molecule has 0 saturated heterocycles. The molecule has 1 N–H and O–H groups in total. The normalized spacial score (nSPS) is 9.71. The lowest BCUT2D eigenvalue weighted by molar-refractivity contribution is 0.250. The molecule has 0 aliphatic rings. The number of nitrogens with zero attached hydrogens (tertiary/aromatic N) is 1. The van der Waals surface area contributed by atoms with Crippen molar-refractivity contribution in [2.75, 3.05) is 11.9 Å². The first-order chi connectivity index (χ1) is 8.33. The van der Waals surface area contributed by atoms with Crippen LogP contribution in [0.5, 0.6) is 0 Å². The van der Waals surface area contributed by atoms with E-state index in [-0.39, 0.29) is 6.03 Å². The van der Waals surface area contributed by atoms with Gasteiger partial charge in [0, 0.05) is 7.05 Å². The van der Waals surface area contributed by atoms with Crippen LogP contribution in [0, 0.1) is 0 Å². The Bertz CT molecular complexity index is 443. The number of anilines is 2. The average molecular weight is 227 g/mol. The van der Waals surface area contributed by atoms with Crippen LogP contribution >= 0.6 is 0 Å². The first-order valence-electron chi connectivity index (χ1n) is 5.45. The summed E-state index contributed by atoms with van der Waals surface area (Å²) >= 11 is 0. The summed E-state index contributed by atoms with van der Waals surface area (Å²) in [6, 6.07) is 19.0. The fourth-order valence-electron chi connectivity index (χ4n) is 1.65. The van der Waals surface area contributed by atoms with Crippen molar-refractivity contribution in [3.05, 3.63) is 60.7 Å². The van der Waals surface area contributed by atoms with Gasteiger partial charge in [0.05, 0.1) is 11.4 Å². The lowest BCUT2D eigenvalue weighted by Crippen LogP contribution is -2.34. The molecule has 2 rings (SSSR count). The third-order valence-corrected chi connectivity index (χ3v) is 2.45. The third-order valence-electron chi connectivity index (χ3n) is 2.45. The zero-order chi connectivity index (χ0) is 12.1. The van der Waals surface area contributed by atoms with Crippen LogP contribution < -0.4 is 10.2 Å². The van der Waals surface area contributed by atoms with Crippen LogP contribution in [0.25, 0.3) is 0 Å². The second-order valence-electron chi connectivity index (χ2n) is 3.56. The highest BCUT2D eigenvalue weighted by Crippen LogP contribution is 2.24. The monoisotopic (exact) mass is 227 g/mol. The molecule has 0 fully saturated rings. The quantitative estimate of drug-likeness (QED) is 0.785. The summed E-state index contributed by atoms with van der Waals surface area (Å²) in [6.45, 7) is 0. The van der Waals surface area contributed by atoms with Gasteiger partial charge in [0.2, 0.25) is 0 Å². The molecule has 2 aromatic carbocycles. The van der Waals surface area contributed by atoms with E-state index in [1.165, 1.54) is 0 Å². The van der Waals surface area contributed by atoms with Crippen molar-refractivity contribution in [3.8, 4) is 0 Å². The highest BCUT2D eigenvalue weighted by atomic mass is 16.2. The number of carbonyl (C=O) groups is 1. The number of rotatable bonds is 2. The summed E-state index contributed by atoms with van der Waals surface area (Å²) < 4.78 is 0. The summed E-state index contributed by atoms with van der Waals surface area (Å²) in [5.41, 5.74) is 1.69. The molecule has 0 spiro atoms. The zero-order valence-electron chi connectivity index (χ0n) is 9.63. The van der Waals surface area contributed by atoms with Gasteiger partial charge < -0.3 is 5.32 Å². The van der Waals surface area contributed by atoms with Gasteiger partial charge in [-0.25, -0.2) is 4.79 Å². The van der Waals surface area contributed by atoms with Crippen LogP contribution in [0.2, 0.25) is 0 Å². The highest BCUT2D eigenvalue weighted by molar-refractivity contribution is 5.99. The maximum absolute atomic E-state index is 11.9. The van der Waals surface area contributed by atoms with Crippen LogP contribution in [0.4, 0.5) is 16.2 Å². The number of para-hydroxylation sites is 2. The first-order valence-corrected chi connectivity index (χ1v) is 5.45. The number of urea groups is 1. The third kappa shape index (κ3) is 2.45. The van der Waals surface area contributed by atoms with Crippen LogP contribution in [-0.4, -0.2) is 13.1 Å². The predicted molar refractivity (Wildman–Crippen MR) is 69.5 cm³/mol. The van der Waals surface area contributed by atoms with Gasteiger partial charge in [-0.15, -0.1) is 0 Å². The molecule has 0 radical (unpaired) electrons. The molecule has 3 nitrogen and oxygen atoms in total. The van der Waals surface area contributed by atoms with Crippen LogP contribution in [0.3, 0.4) is 0 Å². The van der Waals surface area contributed by atoms with E-state index in [2.05, 4.69) is 5.32 Å². The minimum atomic E-state index is -0.151.